The number of carbonyl (C=O) groups excluding carboxylic acids is 1. The van der Waals surface area contributed by atoms with Crippen LogP contribution in [-0.4, -0.2) is 28.6 Å². The summed E-state index contributed by atoms with van der Waals surface area (Å²) in [4.78, 5) is 20.1. The van der Waals surface area contributed by atoms with Crippen molar-refractivity contribution in [2.24, 2.45) is 0 Å². The van der Waals surface area contributed by atoms with Crippen LogP contribution in [0.2, 0.25) is 0 Å². The Hall–Kier alpha value is -3.60. The van der Waals surface area contributed by atoms with Gasteiger partial charge in [-0.15, -0.1) is 0 Å². The van der Waals surface area contributed by atoms with Gasteiger partial charge in [-0.1, -0.05) is 49.4 Å². The molecule has 0 saturated carbocycles. The van der Waals surface area contributed by atoms with E-state index in [-0.39, 0.29) is 11.8 Å². The van der Waals surface area contributed by atoms with Gasteiger partial charge in [0, 0.05) is 31.1 Å². The molecule has 0 radical (unpaired) electrons. The van der Waals surface area contributed by atoms with E-state index in [1.54, 1.807) is 0 Å². The summed E-state index contributed by atoms with van der Waals surface area (Å²) in [6.45, 7) is 8.40. The lowest BCUT2D eigenvalue weighted by Crippen LogP contribution is -2.25. The molecule has 0 bridgehead atoms. The Morgan fingerprint density at radius 3 is 2.69 bits per heavy atom. The molecule has 2 heterocycles. The maximum atomic E-state index is 13.1. The Morgan fingerprint density at radius 1 is 1.03 bits per heavy atom. The number of benzene rings is 3. The number of ether oxygens (including phenoxy) is 1. The second-order valence-corrected chi connectivity index (χ2v) is 9.47. The number of para-hydroxylation sites is 3. The lowest BCUT2D eigenvalue weighted by atomic mass is 10.1. The zero-order chi connectivity index (χ0) is 24.4. The van der Waals surface area contributed by atoms with Crippen molar-refractivity contribution >= 4 is 22.6 Å². The van der Waals surface area contributed by atoms with Gasteiger partial charge in [-0.05, 0) is 67.6 Å². The first-order valence-electron chi connectivity index (χ1n) is 12.6. The van der Waals surface area contributed by atoms with E-state index in [0.29, 0.717) is 19.6 Å². The molecule has 5 nitrogen and oxygen atoms in total. The topological polar surface area (TPSA) is 47.4 Å². The van der Waals surface area contributed by atoms with Crippen molar-refractivity contribution in [2.45, 2.75) is 52.5 Å². The van der Waals surface area contributed by atoms with Crippen LogP contribution in [0.1, 0.15) is 48.2 Å². The molecule has 4 aromatic rings. The Morgan fingerprint density at radius 2 is 1.83 bits per heavy atom. The molecule has 0 aliphatic carbocycles. The summed E-state index contributed by atoms with van der Waals surface area (Å²) < 4.78 is 8.42. The van der Waals surface area contributed by atoms with Gasteiger partial charge in [0.25, 0.3) is 0 Å². The Kier molecular flexibility index (Phi) is 6.58. The van der Waals surface area contributed by atoms with Crippen molar-refractivity contribution in [3.63, 3.8) is 0 Å². The molecule has 1 fully saturated rings. The predicted octanol–water partition coefficient (Wildman–Crippen LogP) is 6.21. The number of imidazole rings is 1. The molecule has 1 aliphatic heterocycles. The van der Waals surface area contributed by atoms with Crippen LogP contribution in [-0.2, 0) is 17.8 Å². The van der Waals surface area contributed by atoms with Gasteiger partial charge in [-0.3, -0.25) is 4.79 Å². The maximum Gasteiger partial charge on any atom is 0.227 e. The fourth-order valence-corrected chi connectivity index (χ4v) is 5.09. The molecular formula is C30H33N3O2. The van der Waals surface area contributed by atoms with Crippen LogP contribution in [0.25, 0.3) is 11.0 Å². The van der Waals surface area contributed by atoms with Gasteiger partial charge >= 0.3 is 0 Å². The van der Waals surface area contributed by atoms with Gasteiger partial charge in [0.05, 0.1) is 17.6 Å². The summed E-state index contributed by atoms with van der Waals surface area (Å²) >= 11 is 0. The number of anilines is 1. The highest BCUT2D eigenvalue weighted by Gasteiger charge is 2.35. The van der Waals surface area contributed by atoms with Crippen molar-refractivity contribution < 1.29 is 9.53 Å². The second kappa shape index (κ2) is 9.95. The number of fused-ring (bicyclic) bond motifs is 1. The third-order valence-electron chi connectivity index (χ3n) is 6.96. The van der Waals surface area contributed by atoms with Crippen molar-refractivity contribution in [1.82, 2.24) is 9.55 Å². The first kappa shape index (κ1) is 23.2. The number of aryl methyl sites for hydroxylation is 4. The SMILES string of the molecule is CCc1ccccc1N1CC(c2nc3ccccc3n2CCCOc2cc(C)ccc2C)CC1=O. The highest BCUT2D eigenvalue weighted by Crippen LogP contribution is 2.35. The number of hydrogen-bond acceptors (Lipinski definition) is 3. The van der Waals surface area contributed by atoms with E-state index in [9.17, 15) is 4.79 Å². The van der Waals surface area contributed by atoms with Crippen molar-refractivity contribution in [3.05, 3.63) is 89.2 Å². The molecule has 1 aliphatic rings. The number of carbonyl (C=O) groups is 1. The molecule has 1 saturated heterocycles. The van der Waals surface area contributed by atoms with Gasteiger partial charge < -0.3 is 14.2 Å². The minimum atomic E-state index is 0.0692. The van der Waals surface area contributed by atoms with Gasteiger partial charge in [0.2, 0.25) is 5.91 Å². The molecule has 0 spiro atoms. The molecular weight excluding hydrogens is 434 g/mol. The van der Waals surface area contributed by atoms with E-state index in [2.05, 4.69) is 73.9 Å². The van der Waals surface area contributed by atoms with Gasteiger partial charge in [0.15, 0.2) is 0 Å². The molecule has 3 aromatic carbocycles. The van der Waals surface area contributed by atoms with Crippen LogP contribution in [0, 0.1) is 13.8 Å². The van der Waals surface area contributed by atoms with E-state index >= 15 is 0 Å². The average molecular weight is 468 g/mol. The second-order valence-electron chi connectivity index (χ2n) is 9.47. The Bertz CT molecular complexity index is 1360. The normalized spacial score (nSPS) is 15.8. The van der Waals surface area contributed by atoms with Crippen LogP contribution >= 0.6 is 0 Å². The summed E-state index contributed by atoms with van der Waals surface area (Å²) in [5, 5.41) is 0. The number of nitrogens with zero attached hydrogens (tertiary/aromatic N) is 3. The number of hydrogen-bond donors (Lipinski definition) is 0. The molecule has 1 aromatic heterocycles. The van der Waals surface area contributed by atoms with E-state index in [0.717, 1.165) is 53.2 Å². The lowest BCUT2D eigenvalue weighted by Gasteiger charge is -2.20. The van der Waals surface area contributed by atoms with Gasteiger partial charge in [-0.2, -0.15) is 0 Å². The van der Waals surface area contributed by atoms with Gasteiger partial charge in [0.1, 0.15) is 11.6 Å². The smallest absolute Gasteiger partial charge is 0.227 e. The quantitative estimate of drug-likeness (QED) is 0.290. The molecule has 5 rings (SSSR count). The zero-order valence-electron chi connectivity index (χ0n) is 20.8. The van der Waals surface area contributed by atoms with E-state index in [4.69, 9.17) is 9.72 Å². The maximum absolute atomic E-state index is 13.1. The van der Waals surface area contributed by atoms with Crippen LogP contribution < -0.4 is 9.64 Å². The number of aromatic nitrogens is 2. The van der Waals surface area contributed by atoms with E-state index in [1.807, 2.05) is 23.1 Å². The summed E-state index contributed by atoms with van der Waals surface area (Å²) in [7, 11) is 0. The minimum absolute atomic E-state index is 0.0692. The largest absolute Gasteiger partial charge is 0.493 e. The first-order valence-corrected chi connectivity index (χ1v) is 12.6. The standard InChI is InChI=1S/C30H33N3O2/c1-4-23-10-5-7-12-26(23)33-20-24(19-29(33)34)30-31-25-11-6-8-13-27(25)32(30)16-9-17-35-28-18-21(2)14-15-22(28)3/h5-8,10-15,18,24H,4,9,16-17,19-20H2,1-3H3. The Labute approximate surface area is 207 Å². The summed E-state index contributed by atoms with van der Waals surface area (Å²) in [5.74, 6) is 2.20. The molecule has 5 heteroatoms. The van der Waals surface area contributed by atoms with Crippen molar-refractivity contribution in [2.75, 3.05) is 18.1 Å². The lowest BCUT2D eigenvalue weighted by molar-refractivity contribution is -0.117. The number of amides is 1. The fraction of sp³-hybridized carbons (Fsp3) is 0.333. The zero-order valence-corrected chi connectivity index (χ0v) is 20.8. The van der Waals surface area contributed by atoms with E-state index in [1.165, 1.54) is 11.1 Å². The summed E-state index contributed by atoms with van der Waals surface area (Å²) in [6, 6.07) is 22.8. The molecule has 1 atom stereocenters. The molecule has 1 unspecified atom stereocenters. The number of rotatable bonds is 8. The minimum Gasteiger partial charge on any atom is -0.493 e. The van der Waals surface area contributed by atoms with Crippen LogP contribution in [0.4, 0.5) is 5.69 Å². The summed E-state index contributed by atoms with van der Waals surface area (Å²) in [5.41, 5.74) is 6.70. The molecule has 0 N–H and O–H groups in total. The van der Waals surface area contributed by atoms with E-state index < -0.39 is 0 Å². The molecule has 1 amide bonds. The fourth-order valence-electron chi connectivity index (χ4n) is 5.09. The van der Waals surface area contributed by atoms with Crippen LogP contribution in [0.15, 0.2) is 66.7 Å². The van der Waals surface area contributed by atoms with Crippen molar-refractivity contribution in [3.8, 4) is 5.75 Å². The van der Waals surface area contributed by atoms with Crippen LogP contribution in [0.3, 0.4) is 0 Å². The average Bonchev–Trinajstić information content (AvgIpc) is 3.44. The third kappa shape index (κ3) is 4.68. The highest BCUT2D eigenvalue weighted by molar-refractivity contribution is 5.97. The van der Waals surface area contributed by atoms with Crippen LogP contribution in [0.5, 0.6) is 5.75 Å². The first-order chi connectivity index (χ1) is 17.0. The molecule has 35 heavy (non-hydrogen) atoms. The monoisotopic (exact) mass is 467 g/mol. The highest BCUT2D eigenvalue weighted by atomic mass is 16.5. The van der Waals surface area contributed by atoms with Crippen molar-refractivity contribution in [1.29, 1.82) is 0 Å². The predicted molar refractivity (Wildman–Crippen MR) is 141 cm³/mol. The molecule has 180 valence electrons. The van der Waals surface area contributed by atoms with Gasteiger partial charge in [-0.25, -0.2) is 4.98 Å². The third-order valence-corrected chi connectivity index (χ3v) is 6.96. The Balaban J connectivity index is 1.36. The summed E-state index contributed by atoms with van der Waals surface area (Å²) in [6.07, 6.45) is 2.26.